The van der Waals surface area contributed by atoms with Crippen molar-refractivity contribution in [3.63, 3.8) is 0 Å². The van der Waals surface area contributed by atoms with Gasteiger partial charge >= 0.3 is 0 Å². The molecule has 5 aromatic rings. The topological polar surface area (TPSA) is 112 Å². The summed E-state index contributed by atoms with van der Waals surface area (Å²) in [4.78, 5) is 11.6. The van der Waals surface area contributed by atoms with Crippen LogP contribution in [0.3, 0.4) is 0 Å². The minimum absolute atomic E-state index is 0.126. The average molecular weight is 371 g/mol. The van der Waals surface area contributed by atoms with Gasteiger partial charge < -0.3 is 25.9 Å². The summed E-state index contributed by atoms with van der Waals surface area (Å²) in [7, 11) is 1.66. The SMILES string of the molecule is COc1ccc2cc(Oc3cc4nc(N)nc(N)c4c4[nH]ccc34)ccc2c1. The molecule has 28 heavy (non-hydrogen) atoms. The highest BCUT2D eigenvalue weighted by atomic mass is 16.5. The summed E-state index contributed by atoms with van der Waals surface area (Å²) in [5.41, 5.74) is 13.3. The molecule has 0 radical (unpaired) electrons. The van der Waals surface area contributed by atoms with Crippen LogP contribution in [0.2, 0.25) is 0 Å². The number of nitrogen functional groups attached to an aromatic ring is 2. The number of anilines is 2. The Hall–Kier alpha value is -4.00. The molecule has 0 aliphatic heterocycles. The Balaban J connectivity index is 1.64. The second kappa shape index (κ2) is 6.02. The first kappa shape index (κ1) is 16.2. The van der Waals surface area contributed by atoms with Crippen molar-refractivity contribution < 1.29 is 9.47 Å². The fraction of sp³-hybridized carbons (Fsp3) is 0.0476. The molecule has 0 spiro atoms. The lowest BCUT2D eigenvalue weighted by Gasteiger charge is -2.11. The highest BCUT2D eigenvalue weighted by molar-refractivity contribution is 6.11. The summed E-state index contributed by atoms with van der Waals surface area (Å²) in [5.74, 6) is 2.66. The molecule has 5 rings (SSSR count). The van der Waals surface area contributed by atoms with Gasteiger partial charge in [0.05, 0.1) is 23.5 Å². The minimum atomic E-state index is 0.126. The zero-order valence-electron chi connectivity index (χ0n) is 15.1. The molecule has 0 saturated carbocycles. The molecule has 0 amide bonds. The molecule has 0 bridgehead atoms. The predicted molar refractivity (Wildman–Crippen MR) is 111 cm³/mol. The molecule has 7 heteroatoms. The number of fused-ring (bicyclic) bond motifs is 4. The summed E-state index contributed by atoms with van der Waals surface area (Å²) in [6.07, 6.45) is 1.83. The number of rotatable bonds is 3. The van der Waals surface area contributed by atoms with Crippen molar-refractivity contribution in [1.82, 2.24) is 15.0 Å². The van der Waals surface area contributed by atoms with E-state index in [0.29, 0.717) is 17.1 Å². The van der Waals surface area contributed by atoms with Crippen LogP contribution in [-0.2, 0) is 0 Å². The number of nitrogens with one attached hydrogen (secondary N) is 1. The maximum absolute atomic E-state index is 6.21. The van der Waals surface area contributed by atoms with E-state index in [0.717, 1.165) is 38.6 Å². The van der Waals surface area contributed by atoms with Crippen molar-refractivity contribution >= 4 is 44.3 Å². The van der Waals surface area contributed by atoms with Crippen molar-refractivity contribution in [3.05, 3.63) is 54.7 Å². The lowest BCUT2D eigenvalue weighted by molar-refractivity contribution is 0.415. The maximum Gasteiger partial charge on any atom is 0.222 e. The van der Waals surface area contributed by atoms with Crippen LogP contribution >= 0.6 is 0 Å². The van der Waals surface area contributed by atoms with E-state index in [-0.39, 0.29) is 5.95 Å². The Morgan fingerprint density at radius 3 is 2.43 bits per heavy atom. The van der Waals surface area contributed by atoms with Crippen LogP contribution in [0.15, 0.2) is 54.7 Å². The van der Waals surface area contributed by atoms with Crippen LogP contribution in [0.25, 0.3) is 32.6 Å². The van der Waals surface area contributed by atoms with E-state index in [4.69, 9.17) is 20.9 Å². The first-order chi connectivity index (χ1) is 13.6. The Labute approximate surface area is 159 Å². The Kier molecular flexibility index (Phi) is 3.48. The van der Waals surface area contributed by atoms with Crippen molar-refractivity contribution in [1.29, 1.82) is 0 Å². The zero-order chi connectivity index (χ0) is 19.3. The van der Waals surface area contributed by atoms with Gasteiger partial charge in [0.1, 0.15) is 23.1 Å². The monoisotopic (exact) mass is 371 g/mol. The zero-order valence-corrected chi connectivity index (χ0v) is 15.1. The van der Waals surface area contributed by atoms with Crippen LogP contribution in [0.5, 0.6) is 17.2 Å². The smallest absolute Gasteiger partial charge is 0.222 e. The van der Waals surface area contributed by atoms with Crippen molar-refractivity contribution in [2.75, 3.05) is 18.6 Å². The van der Waals surface area contributed by atoms with Crippen molar-refractivity contribution in [3.8, 4) is 17.2 Å². The second-order valence-corrected chi connectivity index (χ2v) is 6.48. The Morgan fingerprint density at radius 2 is 1.64 bits per heavy atom. The molecule has 2 heterocycles. The van der Waals surface area contributed by atoms with Gasteiger partial charge in [-0.3, -0.25) is 0 Å². The van der Waals surface area contributed by atoms with Crippen LogP contribution in [-0.4, -0.2) is 22.1 Å². The van der Waals surface area contributed by atoms with Gasteiger partial charge in [0.15, 0.2) is 0 Å². The van der Waals surface area contributed by atoms with E-state index >= 15 is 0 Å². The van der Waals surface area contributed by atoms with Gasteiger partial charge in [-0.2, -0.15) is 4.98 Å². The number of aromatic amines is 1. The van der Waals surface area contributed by atoms with Crippen molar-refractivity contribution in [2.24, 2.45) is 0 Å². The van der Waals surface area contributed by atoms with Gasteiger partial charge in [-0.1, -0.05) is 12.1 Å². The molecule has 0 atom stereocenters. The molecule has 0 saturated heterocycles. The number of hydrogen-bond acceptors (Lipinski definition) is 6. The van der Waals surface area contributed by atoms with E-state index in [9.17, 15) is 0 Å². The van der Waals surface area contributed by atoms with E-state index in [1.165, 1.54) is 0 Å². The normalized spacial score (nSPS) is 11.3. The number of nitrogens with two attached hydrogens (primary N) is 2. The highest BCUT2D eigenvalue weighted by Crippen LogP contribution is 2.37. The standard InChI is InChI=1S/C21H17N5O2/c1-27-13-4-2-12-9-14(5-3-11(12)8-13)28-17-10-16-18(19-15(17)6-7-24-19)20(22)26-21(23)25-16/h2-10,24H,1H3,(H4,22,23,25,26). The van der Waals surface area contributed by atoms with Crippen LogP contribution in [0.1, 0.15) is 0 Å². The molecular weight excluding hydrogens is 354 g/mol. The third-order valence-corrected chi connectivity index (χ3v) is 4.76. The summed E-state index contributed by atoms with van der Waals surface area (Å²) < 4.78 is 11.5. The largest absolute Gasteiger partial charge is 0.497 e. The van der Waals surface area contributed by atoms with Gasteiger partial charge in [0.2, 0.25) is 5.95 Å². The molecule has 0 aliphatic rings. The quantitative estimate of drug-likeness (QED) is 0.437. The number of aromatic nitrogens is 3. The summed E-state index contributed by atoms with van der Waals surface area (Å²) in [5, 5.41) is 3.75. The first-order valence-corrected chi connectivity index (χ1v) is 8.71. The Morgan fingerprint density at radius 1 is 0.893 bits per heavy atom. The van der Waals surface area contributed by atoms with E-state index < -0.39 is 0 Å². The maximum atomic E-state index is 6.21. The highest BCUT2D eigenvalue weighted by Gasteiger charge is 2.14. The Bertz CT molecular complexity index is 1360. The predicted octanol–water partition coefficient (Wildman–Crippen LogP) is 4.23. The molecule has 3 aromatic carbocycles. The first-order valence-electron chi connectivity index (χ1n) is 8.71. The molecule has 0 unspecified atom stereocenters. The fourth-order valence-corrected chi connectivity index (χ4v) is 3.46. The van der Waals surface area contributed by atoms with E-state index in [2.05, 4.69) is 15.0 Å². The molecule has 138 valence electrons. The average Bonchev–Trinajstić information content (AvgIpc) is 3.17. The molecule has 2 aromatic heterocycles. The van der Waals surface area contributed by atoms with Gasteiger partial charge in [0, 0.05) is 17.6 Å². The molecule has 7 nitrogen and oxygen atoms in total. The molecular formula is C21H17N5O2. The summed E-state index contributed by atoms with van der Waals surface area (Å²) >= 11 is 0. The van der Waals surface area contributed by atoms with Gasteiger partial charge in [-0.05, 0) is 41.1 Å². The van der Waals surface area contributed by atoms with E-state index in [1.54, 1.807) is 7.11 Å². The third-order valence-electron chi connectivity index (χ3n) is 4.76. The number of benzene rings is 3. The van der Waals surface area contributed by atoms with Crippen LogP contribution in [0, 0.1) is 0 Å². The molecule has 0 aliphatic carbocycles. The summed E-state index contributed by atoms with van der Waals surface area (Å²) in [6.45, 7) is 0. The van der Waals surface area contributed by atoms with Gasteiger partial charge in [0.25, 0.3) is 0 Å². The van der Waals surface area contributed by atoms with E-state index in [1.807, 2.05) is 54.7 Å². The molecule has 0 fully saturated rings. The number of methoxy groups -OCH3 is 1. The lowest BCUT2D eigenvalue weighted by atomic mass is 10.1. The lowest BCUT2D eigenvalue weighted by Crippen LogP contribution is -2.01. The minimum Gasteiger partial charge on any atom is -0.497 e. The number of ether oxygens (including phenoxy) is 2. The number of hydrogen-bond donors (Lipinski definition) is 3. The third kappa shape index (κ3) is 2.52. The van der Waals surface area contributed by atoms with Crippen LogP contribution in [0.4, 0.5) is 11.8 Å². The number of H-pyrrole nitrogens is 1. The second-order valence-electron chi connectivity index (χ2n) is 6.48. The van der Waals surface area contributed by atoms with Crippen LogP contribution < -0.4 is 20.9 Å². The van der Waals surface area contributed by atoms with Crippen molar-refractivity contribution in [2.45, 2.75) is 0 Å². The van der Waals surface area contributed by atoms with Gasteiger partial charge in [-0.25, -0.2) is 4.98 Å². The number of nitrogens with zero attached hydrogens (tertiary/aromatic N) is 2. The van der Waals surface area contributed by atoms with Gasteiger partial charge in [-0.15, -0.1) is 0 Å². The molecule has 5 N–H and O–H groups in total. The fourth-order valence-electron chi connectivity index (χ4n) is 3.46. The summed E-state index contributed by atoms with van der Waals surface area (Å²) in [6, 6.07) is 15.6.